The highest BCUT2D eigenvalue weighted by atomic mass is 15.1. The van der Waals surface area contributed by atoms with Crippen LogP contribution in [0.3, 0.4) is 0 Å². The molecule has 0 saturated carbocycles. The summed E-state index contributed by atoms with van der Waals surface area (Å²) >= 11 is 0. The highest BCUT2D eigenvalue weighted by Crippen LogP contribution is 2.40. The van der Waals surface area contributed by atoms with Crippen molar-refractivity contribution in [2.45, 2.75) is 20.3 Å². The van der Waals surface area contributed by atoms with Gasteiger partial charge in [-0.05, 0) is 72.4 Å². The fourth-order valence-electron chi connectivity index (χ4n) is 3.49. The molecule has 0 aliphatic heterocycles. The van der Waals surface area contributed by atoms with Gasteiger partial charge in [-0.2, -0.15) is 0 Å². The first kappa shape index (κ1) is 14.1. The van der Waals surface area contributed by atoms with Crippen molar-refractivity contribution in [2.75, 3.05) is 11.9 Å². The van der Waals surface area contributed by atoms with Crippen LogP contribution in [-0.2, 0) is 6.42 Å². The molecule has 0 aromatic heterocycles. The Morgan fingerprint density at radius 2 is 1.52 bits per heavy atom. The molecule has 1 nitrogen and oxygen atoms in total. The molecule has 1 heteroatoms. The smallest absolute Gasteiger partial charge is 0.0411 e. The topological polar surface area (TPSA) is 3.24 Å². The molecule has 3 aromatic carbocycles. The number of benzene rings is 3. The molecular weight excluding hydrogens is 278 g/mol. The van der Waals surface area contributed by atoms with Crippen LogP contribution in [0.2, 0.25) is 0 Å². The van der Waals surface area contributed by atoms with Gasteiger partial charge in [0.25, 0.3) is 0 Å². The number of fused-ring (bicyclic) bond motifs is 3. The van der Waals surface area contributed by atoms with Gasteiger partial charge >= 0.3 is 0 Å². The van der Waals surface area contributed by atoms with Crippen LogP contribution in [0.25, 0.3) is 11.1 Å². The zero-order valence-electron chi connectivity index (χ0n) is 13.9. The molecule has 4 rings (SSSR count). The maximum Gasteiger partial charge on any atom is 0.0411 e. The van der Waals surface area contributed by atoms with Gasteiger partial charge in [0.2, 0.25) is 0 Å². The highest BCUT2D eigenvalue weighted by Gasteiger charge is 2.20. The second kappa shape index (κ2) is 5.27. The number of aryl methyl sites for hydroxylation is 2. The molecule has 0 N–H and O–H groups in total. The molecule has 0 radical (unpaired) electrons. The Bertz CT molecular complexity index is 875. The van der Waals surface area contributed by atoms with Crippen LogP contribution < -0.4 is 4.90 Å². The normalized spacial score (nSPS) is 12.0. The molecule has 0 spiro atoms. The van der Waals surface area contributed by atoms with E-state index in [-0.39, 0.29) is 0 Å². The van der Waals surface area contributed by atoms with Crippen LogP contribution in [0, 0.1) is 13.8 Å². The number of hydrogen-bond donors (Lipinski definition) is 0. The zero-order valence-corrected chi connectivity index (χ0v) is 13.9. The van der Waals surface area contributed by atoms with Crippen LogP contribution >= 0.6 is 0 Å². The summed E-state index contributed by atoms with van der Waals surface area (Å²) in [6.07, 6.45) is 1.05. The summed E-state index contributed by atoms with van der Waals surface area (Å²) < 4.78 is 0. The Hall–Kier alpha value is -2.54. The van der Waals surface area contributed by atoms with Gasteiger partial charge in [-0.3, -0.25) is 0 Å². The first-order valence-corrected chi connectivity index (χ1v) is 8.15. The maximum atomic E-state index is 2.34. The third-order valence-corrected chi connectivity index (χ3v) is 4.97. The largest absolute Gasteiger partial charge is 0.345 e. The Morgan fingerprint density at radius 3 is 2.30 bits per heavy atom. The first-order chi connectivity index (χ1) is 11.1. The van der Waals surface area contributed by atoms with E-state index in [0.29, 0.717) is 0 Å². The minimum Gasteiger partial charge on any atom is -0.345 e. The Morgan fingerprint density at radius 1 is 0.783 bits per heavy atom. The van der Waals surface area contributed by atoms with E-state index in [0.717, 1.165) is 6.42 Å². The second-order valence-corrected chi connectivity index (χ2v) is 6.51. The van der Waals surface area contributed by atoms with Gasteiger partial charge in [0.05, 0.1) is 0 Å². The molecule has 0 heterocycles. The van der Waals surface area contributed by atoms with Gasteiger partial charge in [-0.1, -0.05) is 42.0 Å². The lowest BCUT2D eigenvalue weighted by Crippen LogP contribution is -2.09. The third-order valence-electron chi connectivity index (χ3n) is 4.97. The van der Waals surface area contributed by atoms with Gasteiger partial charge in [0.15, 0.2) is 0 Å². The summed E-state index contributed by atoms with van der Waals surface area (Å²) in [5, 5.41) is 0. The van der Waals surface area contributed by atoms with Crippen LogP contribution in [-0.4, -0.2) is 7.05 Å². The van der Waals surface area contributed by atoms with Gasteiger partial charge in [-0.25, -0.2) is 0 Å². The number of nitrogens with zero attached hydrogens (tertiary/aromatic N) is 1. The van der Waals surface area contributed by atoms with Gasteiger partial charge < -0.3 is 4.90 Å². The monoisotopic (exact) mass is 299 g/mol. The van der Waals surface area contributed by atoms with Gasteiger partial charge in [0.1, 0.15) is 0 Å². The van der Waals surface area contributed by atoms with Crippen molar-refractivity contribution in [2.24, 2.45) is 0 Å². The first-order valence-electron chi connectivity index (χ1n) is 8.15. The number of rotatable bonds is 2. The molecule has 1 aliphatic carbocycles. The average molecular weight is 299 g/mol. The summed E-state index contributed by atoms with van der Waals surface area (Å²) in [7, 11) is 2.14. The predicted octanol–water partition coefficient (Wildman–Crippen LogP) is 5.64. The quantitative estimate of drug-likeness (QED) is 0.463. The average Bonchev–Trinajstić information content (AvgIpc) is 2.94. The molecule has 0 amide bonds. The van der Waals surface area contributed by atoms with E-state index in [9.17, 15) is 0 Å². The van der Waals surface area contributed by atoms with E-state index in [1.807, 2.05) is 0 Å². The van der Waals surface area contributed by atoms with E-state index in [2.05, 4.69) is 86.5 Å². The van der Waals surface area contributed by atoms with Crippen LogP contribution in [0.4, 0.5) is 11.4 Å². The van der Waals surface area contributed by atoms with Crippen molar-refractivity contribution in [3.8, 4) is 11.1 Å². The molecular formula is C22H21N. The molecule has 0 saturated heterocycles. The van der Waals surface area contributed by atoms with Gasteiger partial charge in [-0.15, -0.1) is 0 Å². The van der Waals surface area contributed by atoms with Crippen molar-refractivity contribution in [1.29, 1.82) is 0 Å². The van der Waals surface area contributed by atoms with Crippen molar-refractivity contribution in [1.82, 2.24) is 0 Å². The Balaban J connectivity index is 1.72. The molecule has 3 aromatic rings. The molecule has 0 atom stereocenters. The van der Waals surface area contributed by atoms with E-state index < -0.39 is 0 Å². The van der Waals surface area contributed by atoms with Crippen LogP contribution in [0.5, 0.6) is 0 Å². The van der Waals surface area contributed by atoms with Crippen LogP contribution in [0.1, 0.15) is 22.3 Å². The summed E-state index contributed by atoms with van der Waals surface area (Å²) in [6, 6.07) is 22.2. The second-order valence-electron chi connectivity index (χ2n) is 6.51. The van der Waals surface area contributed by atoms with E-state index in [1.165, 1.54) is 44.8 Å². The molecule has 1 aliphatic rings. The summed E-state index contributed by atoms with van der Waals surface area (Å²) in [5.74, 6) is 0. The van der Waals surface area contributed by atoms with Crippen molar-refractivity contribution in [3.05, 3.63) is 82.9 Å². The third kappa shape index (κ3) is 2.33. The molecule has 23 heavy (non-hydrogen) atoms. The Kier molecular flexibility index (Phi) is 3.23. The molecule has 114 valence electrons. The lowest BCUT2D eigenvalue weighted by Gasteiger charge is -2.20. The predicted molar refractivity (Wildman–Crippen MR) is 98.7 cm³/mol. The lowest BCUT2D eigenvalue weighted by atomic mass is 10.0. The lowest BCUT2D eigenvalue weighted by molar-refractivity contribution is 1.18. The fraction of sp³-hybridized carbons (Fsp3) is 0.182. The highest BCUT2D eigenvalue weighted by molar-refractivity contribution is 5.80. The Labute approximate surface area is 138 Å². The van der Waals surface area contributed by atoms with Crippen LogP contribution in [0.15, 0.2) is 60.7 Å². The van der Waals surface area contributed by atoms with E-state index in [1.54, 1.807) is 0 Å². The van der Waals surface area contributed by atoms with E-state index in [4.69, 9.17) is 0 Å². The summed E-state index contributed by atoms with van der Waals surface area (Å²) in [6.45, 7) is 4.34. The van der Waals surface area contributed by atoms with Crippen molar-refractivity contribution in [3.63, 3.8) is 0 Å². The number of anilines is 2. The minimum atomic E-state index is 1.05. The molecule has 0 fully saturated rings. The summed E-state index contributed by atoms with van der Waals surface area (Å²) in [5.41, 5.74) is 10.9. The molecule has 0 bridgehead atoms. The van der Waals surface area contributed by atoms with Crippen molar-refractivity contribution >= 4 is 11.4 Å². The standard InChI is InChI=1S/C22H21N/c1-15-7-9-18(10-8-15)23(3)19-11-12-20-17(13-19)14-22-16(2)5-4-6-21(20)22/h4-13H,14H2,1-3H3. The van der Waals surface area contributed by atoms with Gasteiger partial charge in [0, 0.05) is 18.4 Å². The minimum absolute atomic E-state index is 1.05. The SMILES string of the molecule is Cc1ccc(N(C)c2ccc3c(c2)Cc2c(C)cccc2-3)cc1. The van der Waals surface area contributed by atoms with E-state index >= 15 is 0 Å². The zero-order chi connectivity index (χ0) is 16.0. The maximum absolute atomic E-state index is 2.34. The summed E-state index contributed by atoms with van der Waals surface area (Å²) in [4.78, 5) is 2.26. The number of hydrogen-bond acceptors (Lipinski definition) is 1. The van der Waals surface area contributed by atoms with Crippen molar-refractivity contribution < 1.29 is 0 Å². The fourth-order valence-corrected chi connectivity index (χ4v) is 3.49. The molecule has 0 unspecified atom stereocenters.